The predicted octanol–water partition coefficient (Wildman–Crippen LogP) is 1.72. The fourth-order valence-electron chi connectivity index (χ4n) is 1.18. The highest BCUT2D eigenvalue weighted by Gasteiger charge is 2.08. The van der Waals surface area contributed by atoms with E-state index >= 15 is 0 Å². The normalized spacial score (nSPS) is 9.67. The quantitative estimate of drug-likeness (QED) is 0.672. The molecule has 0 spiro atoms. The van der Waals surface area contributed by atoms with Crippen LogP contribution in [0.1, 0.15) is 11.3 Å². The van der Waals surface area contributed by atoms with E-state index in [2.05, 4.69) is 4.98 Å². The molecule has 1 aromatic heterocycles. The van der Waals surface area contributed by atoms with Crippen molar-refractivity contribution in [2.75, 3.05) is 14.2 Å². The average Bonchev–Trinajstić information content (AvgIpc) is 2.03. The predicted molar refractivity (Wildman–Crippen MR) is 46.8 cm³/mol. The molecule has 0 aromatic carbocycles. The monoisotopic (exact) mass is 167 g/mol. The zero-order chi connectivity index (χ0) is 9.14. The first-order valence-electron chi connectivity index (χ1n) is 3.75. The molecule has 0 saturated heterocycles. The van der Waals surface area contributed by atoms with Gasteiger partial charge in [0, 0.05) is 5.69 Å². The van der Waals surface area contributed by atoms with Crippen LogP contribution in [0.15, 0.2) is 6.07 Å². The second-order valence-corrected chi connectivity index (χ2v) is 2.62. The minimum atomic E-state index is 0.551. The molecule has 1 heterocycles. The summed E-state index contributed by atoms with van der Waals surface area (Å²) in [7, 11) is 3.20. The minimum absolute atomic E-state index is 0.551. The molecule has 0 aliphatic rings. The van der Waals surface area contributed by atoms with E-state index in [1.165, 1.54) is 0 Å². The van der Waals surface area contributed by atoms with Crippen molar-refractivity contribution in [3.63, 3.8) is 0 Å². The fourth-order valence-corrected chi connectivity index (χ4v) is 1.18. The van der Waals surface area contributed by atoms with Gasteiger partial charge in [-0.1, -0.05) is 0 Å². The molecule has 1 aromatic rings. The highest BCUT2D eigenvalue weighted by Crippen LogP contribution is 2.28. The van der Waals surface area contributed by atoms with Crippen molar-refractivity contribution in [2.24, 2.45) is 0 Å². The maximum atomic E-state index is 5.13. The molecular weight excluding hydrogens is 154 g/mol. The first kappa shape index (κ1) is 8.84. The van der Waals surface area contributed by atoms with Crippen LogP contribution in [0.5, 0.6) is 11.6 Å². The zero-order valence-electron chi connectivity index (χ0n) is 7.84. The van der Waals surface area contributed by atoms with Crippen molar-refractivity contribution < 1.29 is 9.47 Å². The Balaban J connectivity index is 3.24. The van der Waals surface area contributed by atoms with Crippen molar-refractivity contribution in [2.45, 2.75) is 13.8 Å². The molecule has 0 atom stereocenters. The van der Waals surface area contributed by atoms with E-state index in [1.54, 1.807) is 14.2 Å². The van der Waals surface area contributed by atoms with Gasteiger partial charge in [0.15, 0.2) is 5.75 Å². The number of hydrogen-bond acceptors (Lipinski definition) is 3. The molecule has 0 saturated carbocycles. The topological polar surface area (TPSA) is 31.4 Å². The second kappa shape index (κ2) is 3.43. The van der Waals surface area contributed by atoms with Crippen LogP contribution >= 0.6 is 0 Å². The molecule has 3 heteroatoms. The Morgan fingerprint density at radius 2 is 1.83 bits per heavy atom. The van der Waals surface area contributed by atoms with Crippen LogP contribution < -0.4 is 9.47 Å². The Bertz CT molecular complexity index is 284. The first-order valence-corrected chi connectivity index (χ1v) is 3.75. The van der Waals surface area contributed by atoms with Crippen molar-refractivity contribution in [1.82, 2.24) is 4.98 Å². The van der Waals surface area contributed by atoms with E-state index in [0.29, 0.717) is 11.6 Å². The first-order chi connectivity index (χ1) is 5.69. The third-order valence-electron chi connectivity index (χ3n) is 1.65. The van der Waals surface area contributed by atoms with Crippen LogP contribution in [-0.4, -0.2) is 19.2 Å². The van der Waals surface area contributed by atoms with Gasteiger partial charge in [-0.15, -0.1) is 0 Å². The summed E-state index contributed by atoms with van der Waals surface area (Å²) in [6.45, 7) is 3.89. The van der Waals surface area contributed by atoms with E-state index in [0.717, 1.165) is 11.3 Å². The average molecular weight is 167 g/mol. The van der Waals surface area contributed by atoms with E-state index in [9.17, 15) is 0 Å². The number of ether oxygens (including phenoxy) is 2. The molecule has 0 N–H and O–H groups in total. The number of hydrogen-bond donors (Lipinski definition) is 0. The van der Waals surface area contributed by atoms with Gasteiger partial charge in [0.2, 0.25) is 0 Å². The van der Waals surface area contributed by atoms with E-state index in [1.807, 2.05) is 19.9 Å². The van der Waals surface area contributed by atoms with Gasteiger partial charge in [-0.05, 0) is 25.5 Å². The SMILES string of the molecule is COc1nc(C)cc(C)c1OC. The summed E-state index contributed by atoms with van der Waals surface area (Å²) >= 11 is 0. The molecule has 12 heavy (non-hydrogen) atoms. The van der Waals surface area contributed by atoms with Crippen molar-refractivity contribution in [1.29, 1.82) is 0 Å². The van der Waals surface area contributed by atoms with Crippen molar-refractivity contribution in [3.05, 3.63) is 17.3 Å². The minimum Gasteiger partial charge on any atom is -0.491 e. The maximum absolute atomic E-state index is 5.13. The van der Waals surface area contributed by atoms with Gasteiger partial charge in [-0.25, -0.2) is 4.98 Å². The lowest BCUT2D eigenvalue weighted by atomic mass is 10.2. The van der Waals surface area contributed by atoms with Gasteiger partial charge >= 0.3 is 0 Å². The summed E-state index contributed by atoms with van der Waals surface area (Å²) in [5, 5.41) is 0. The summed E-state index contributed by atoms with van der Waals surface area (Å²) in [6, 6.07) is 1.96. The summed E-state index contributed by atoms with van der Waals surface area (Å²) in [4.78, 5) is 4.18. The Hall–Kier alpha value is -1.25. The number of methoxy groups -OCH3 is 2. The molecule has 0 bridgehead atoms. The second-order valence-electron chi connectivity index (χ2n) is 2.62. The van der Waals surface area contributed by atoms with Crippen LogP contribution in [0.25, 0.3) is 0 Å². The van der Waals surface area contributed by atoms with Crippen LogP contribution in [0.4, 0.5) is 0 Å². The number of nitrogens with zero attached hydrogens (tertiary/aromatic N) is 1. The van der Waals surface area contributed by atoms with E-state index in [4.69, 9.17) is 9.47 Å². The van der Waals surface area contributed by atoms with Gasteiger partial charge in [-0.3, -0.25) is 0 Å². The Morgan fingerprint density at radius 1 is 1.17 bits per heavy atom. The van der Waals surface area contributed by atoms with Gasteiger partial charge in [0.05, 0.1) is 14.2 Å². The molecule has 0 aliphatic heterocycles. The summed E-state index contributed by atoms with van der Waals surface area (Å²) in [5.74, 6) is 1.26. The lowest BCUT2D eigenvalue weighted by Gasteiger charge is -2.09. The van der Waals surface area contributed by atoms with Crippen LogP contribution in [-0.2, 0) is 0 Å². The third-order valence-corrected chi connectivity index (χ3v) is 1.65. The standard InChI is InChI=1S/C9H13NO2/c1-6-5-7(2)10-9(12-4)8(6)11-3/h5H,1-4H3. The Labute approximate surface area is 72.3 Å². The molecular formula is C9H13NO2. The van der Waals surface area contributed by atoms with Crippen LogP contribution in [0.2, 0.25) is 0 Å². The molecule has 0 amide bonds. The number of aryl methyl sites for hydroxylation is 2. The number of rotatable bonds is 2. The Morgan fingerprint density at radius 3 is 2.33 bits per heavy atom. The lowest BCUT2D eigenvalue weighted by Crippen LogP contribution is -1.97. The molecule has 3 nitrogen and oxygen atoms in total. The number of aromatic nitrogens is 1. The summed E-state index contributed by atoms with van der Waals surface area (Å²) < 4.78 is 10.2. The van der Waals surface area contributed by atoms with Gasteiger partial charge in [0.1, 0.15) is 0 Å². The van der Waals surface area contributed by atoms with Gasteiger partial charge < -0.3 is 9.47 Å². The molecule has 0 aliphatic carbocycles. The highest BCUT2D eigenvalue weighted by molar-refractivity contribution is 5.42. The molecule has 1 rings (SSSR count). The molecule has 66 valence electrons. The smallest absolute Gasteiger partial charge is 0.257 e. The van der Waals surface area contributed by atoms with Gasteiger partial charge in [0.25, 0.3) is 5.88 Å². The van der Waals surface area contributed by atoms with Crippen LogP contribution in [0, 0.1) is 13.8 Å². The lowest BCUT2D eigenvalue weighted by molar-refractivity contribution is 0.340. The van der Waals surface area contributed by atoms with E-state index < -0.39 is 0 Å². The zero-order valence-corrected chi connectivity index (χ0v) is 7.84. The van der Waals surface area contributed by atoms with Gasteiger partial charge in [-0.2, -0.15) is 0 Å². The highest BCUT2D eigenvalue weighted by atomic mass is 16.5. The summed E-state index contributed by atoms with van der Waals surface area (Å²) in [5.41, 5.74) is 1.98. The van der Waals surface area contributed by atoms with Crippen LogP contribution in [0.3, 0.4) is 0 Å². The largest absolute Gasteiger partial charge is 0.491 e. The molecule has 0 radical (unpaired) electrons. The molecule has 0 fully saturated rings. The fraction of sp³-hybridized carbons (Fsp3) is 0.444. The Kier molecular flexibility index (Phi) is 2.53. The number of pyridine rings is 1. The third kappa shape index (κ3) is 1.49. The maximum Gasteiger partial charge on any atom is 0.257 e. The van der Waals surface area contributed by atoms with E-state index in [-0.39, 0.29) is 0 Å². The van der Waals surface area contributed by atoms with Crippen molar-refractivity contribution >= 4 is 0 Å². The summed E-state index contributed by atoms with van der Waals surface area (Å²) in [6.07, 6.45) is 0. The van der Waals surface area contributed by atoms with Crippen molar-refractivity contribution in [3.8, 4) is 11.6 Å². The molecule has 0 unspecified atom stereocenters.